The Morgan fingerprint density at radius 2 is 2.26 bits per heavy atom. The van der Waals surface area contributed by atoms with Crippen molar-refractivity contribution in [3.63, 3.8) is 0 Å². The number of carboxylic acid groups (broad SMARTS) is 1. The second-order valence-corrected chi connectivity index (χ2v) is 4.15. The molecule has 1 aromatic heterocycles. The van der Waals surface area contributed by atoms with Crippen LogP contribution in [0.2, 0.25) is 5.02 Å². The summed E-state index contributed by atoms with van der Waals surface area (Å²) in [6, 6.07) is 5.06. The van der Waals surface area contributed by atoms with Crippen molar-refractivity contribution < 1.29 is 14.6 Å². The van der Waals surface area contributed by atoms with Gasteiger partial charge in [0.15, 0.2) is 0 Å². The molecule has 0 amide bonds. The molecule has 2 aromatic rings. The predicted octanol–water partition coefficient (Wildman–Crippen LogP) is 2.19. The van der Waals surface area contributed by atoms with E-state index < -0.39 is 5.97 Å². The third-order valence-corrected chi connectivity index (χ3v) is 2.88. The third-order valence-electron chi connectivity index (χ3n) is 2.56. The Bertz CT molecular complexity index is 625. The minimum atomic E-state index is -1.17. The van der Waals surface area contributed by atoms with Crippen LogP contribution in [0.4, 0.5) is 0 Å². The summed E-state index contributed by atoms with van der Waals surface area (Å²) in [5, 5.41) is 13.3. The fourth-order valence-corrected chi connectivity index (χ4v) is 1.84. The molecular weight excluding hydrogens is 270 g/mol. The Morgan fingerprint density at radius 3 is 2.84 bits per heavy atom. The first kappa shape index (κ1) is 13.4. The summed E-state index contributed by atoms with van der Waals surface area (Å²) in [5.74, 6) is -0.301. The molecule has 7 heteroatoms. The van der Waals surface area contributed by atoms with Crippen LogP contribution < -0.4 is 4.74 Å². The van der Waals surface area contributed by atoms with E-state index in [1.807, 2.05) is 6.92 Å². The molecule has 0 saturated heterocycles. The number of methoxy groups -OCH3 is 1. The molecule has 1 aromatic carbocycles. The molecule has 2 rings (SSSR count). The van der Waals surface area contributed by atoms with Crippen LogP contribution in [-0.2, 0) is 6.42 Å². The number of halogens is 1. The molecule has 0 saturated carbocycles. The molecule has 0 fully saturated rings. The van der Waals surface area contributed by atoms with Crippen LogP contribution in [0, 0.1) is 0 Å². The van der Waals surface area contributed by atoms with Crippen LogP contribution in [-0.4, -0.2) is 33.0 Å². The van der Waals surface area contributed by atoms with Gasteiger partial charge in [0, 0.05) is 12.5 Å². The average molecular weight is 282 g/mol. The molecule has 0 radical (unpaired) electrons. The van der Waals surface area contributed by atoms with Crippen molar-refractivity contribution in [2.75, 3.05) is 7.11 Å². The molecule has 0 unspecified atom stereocenters. The molecule has 0 aliphatic heterocycles. The number of carbonyl (C=O) groups is 1. The van der Waals surface area contributed by atoms with E-state index in [1.54, 1.807) is 18.2 Å². The molecular formula is C12H12ClN3O3. The summed E-state index contributed by atoms with van der Waals surface area (Å²) in [5.41, 5.74) is 0.540. The van der Waals surface area contributed by atoms with Crippen molar-refractivity contribution in [1.29, 1.82) is 0 Å². The van der Waals surface area contributed by atoms with Crippen molar-refractivity contribution in [1.82, 2.24) is 14.8 Å². The maximum absolute atomic E-state index is 10.9. The van der Waals surface area contributed by atoms with Gasteiger partial charge in [-0.25, -0.2) is 14.5 Å². The lowest BCUT2D eigenvalue weighted by Crippen LogP contribution is -2.04. The number of hydrogen-bond acceptors (Lipinski definition) is 4. The normalized spacial score (nSPS) is 10.5. The van der Waals surface area contributed by atoms with Gasteiger partial charge in [-0.1, -0.05) is 18.5 Å². The monoisotopic (exact) mass is 281 g/mol. The highest BCUT2D eigenvalue weighted by Gasteiger charge is 2.17. The lowest BCUT2D eigenvalue weighted by molar-refractivity contribution is 0.0683. The summed E-state index contributed by atoms with van der Waals surface area (Å²) < 4.78 is 6.55. The topological polar surface area (TPSA) is 77.2 Å². The van der Waals surface area contributed by atoms with E-state index in [0.717, 1.165) is 0 Å². The van der Waals surface area contributed by atoms with Crippen molar-refractivity contribution in [3.8, 4) is 11.4 Å². The maximum atomic E-state index is 10.9. The number of benzene rings is 1. The lowest BCUT2D eigenvalue weighted by atomic mass is 10.3. The predicted molar refractivity (Wildman–Crippen MR) is 69.3 cm³/mol. The van der Waals surface area contributed by atoms with Crippen molar-refractivity contribution >= 4 is 17.6 Å². The minimum Gasteiger partial charge on any atom is -0.497 e. The van der Waals surface area contributed by atoms with E-state index in [2.05, 4.69) is 10.1 Å². The van der Waals surface area contributed by atoms with Gasteiger partial charge in [-0.15, -0.1) is 5.10 Å². The van der Waals surface area contributed by atoms with Crippen molar-refractivity contribution in [2.24, 2.45) is 0 Å². The van der Waals surface area contributed by atoms with E-state index in [1.165, 1.54) is 11.8 Å². The number of nitrogens with zero attached hydrogens (tertiary/aromatic N) is 3. The number of hydrogen-bond donors (Lipinski definition) is 1. The van der Waals surface area contributed by atoms with Crippen LogP contribution in [0.5, 0.6) is 5.75 Å². The van der Waals surface area contributed by atoms with Gasteiger partial charge in [0.05, 0.1) is 17.8 Å². The molecule has 19 heavy (non-hydrogen) atoms. The first-order valence-electron chi connectivity index (χ1n) is 5.60. The number of aryl methyl sites for hydroxylation is 1. The first-order valence-corrected chi connectivity index (χ1v) is 5.97. The third kappa shape index (κ3) is 2.53. The van der Waals surface area contributed by atoms with E-state index in [0.29, 0.717) is 28.7 Å². The van der Waals surface area contributed by atoms with Crippen LogP contribution in [0.25, 0.3) is 5.69 Å². The molecule has 0 aliphatic rings. The quantitative estimate of drug-likeness (QED) is 0.929. The number of ether oxygens (including phenoxy) is 1. The highest BCUT2D eigenvalue weighted by Crippen LogP contribution is 2.26. The summed E-state index contributed by atoms with van der Waals surface area (Å²) >= 11 is 6.11. The Hall–Kier alpha value is -2.08. The van der Waals surface area contributed by atoms with Crippen molar-refractivity contribution in [3.05, 3.63) is 34.9 Å². The van der Waals surface area contributed by atoms with E-state index >= 15 is 0 Å². The standard InChI is InChI=1S/C12H12ClN3O3/c1-3-10-14-11(12(17)18)15-16(10)9-6-7(19-2)4-5-8(9)13/h4-6H,3H2,1-2H3,(H,17,18). The lowest BCUT2D eigenvalue weighted by Gasteiger charge is -2.08. The number of carboxylic acids is 1. The van der Waals surface area contributed by atoms with E-state index in [4.69, 9.17) is 21.4 Å². The molecule has 6 nitrogen and oxygen atoms in total. The van der Waals surface area contributed by atoms with Crippen molar-refractivity contribution in [2.45, 2.75) is 13.3 Å². The zero-order chi connectivity index (χ0) is 14.0. The Balaban J connectivity index is 2.60. The number of aromatic carboxylic acids is 1. The van der Waals surface area contributed by atoms with Gasteiger partial charge >= 0.3 is 5.97 Å². The largest absolute Gasteiger partial charge is 0.497 e. The molecule has 1 heterocycles. The average Bonchev–Trinajstić information content (AvgIpc) is 2.83. The van der Waals surface area contributed by atoms with Crippen LogP contribution in [0.15, 0.2) is 18.2 Å². The minimum absolute atomic E-state index is 0.254. The van der Waals surface area contributed by atoms with Gasteiger partial charge in [0.25, 0.3) is 5.82 Å². The maximum Gasteiger partial charge on any atom is 0.375 e. The second-order valence-electron chi connectivity index (χ2n) is 3.74. The first-order chi connectivity index (χ1) is 9.06. The summed E-state index contributed by atoms with van der Waals surface area (Å²) in [7, 11) is 1.54. The summed E-state index contributed by atoms with van der Waals surface area (Å²) in [6.45, 7) is 1.86. The molecule has 0 atom stereocenters. The Labute approximate surface area is 114 Å². The van der Waals surface area contributed by atoms with Gasteiger partial charge in [-0.2, -0.15) is 0 Å². The van der Waals surface area contributed by atoms with Gasteiger partial charge in [-0.3, -0.25) is 0 Å². The highest BCUT2D eigenvalue weighted by molar-refractivity contribution is 6.32. The summed E-state index contributed by atoms with van der Waals surface area (Å²) in [4.78, 5) is 14.9. The molecule has 1 N–H and O–H groups in total. The number of aromatic nitrogens is 3. The van der Waals surface area contributed by atoms with Gasteiger partial charge in [0.1, 0.15) is 11.6 Å². The van der Waals surface area contributed by atoms with Crippen LogP contribution >= 0.6 is 11.6 Å². The second kappa shape index (κ2) is 5.27. The zero-order valence-electron chi connectivity index (χ0n) is 10.4. The molecule has 100 valence electrons. The van der Waals surface area contributed by atoms with Gasteiger partial charge in [-0.05, 0) is 12.1 Å². The fraction of sp³-hybridized carbons (Fsp3) is 0.250. The summed E-state index contributed by atoms with van der Waals surface area (Å²) in [6.07, 6.45) is 0.536. The fourth-order valence-electron chi connectivity index (χ4n) is 1.64. The SMILES string of the molecule is CCc1nc(C(=O)O)nn1-c1cc(OC)ccc1Cl. The van der Waals surface area contributed by atoms with E-state index in [-0.39, 0.29) is 5.82 Å². The smallest absolute Gasteiger partial charge is 0.375 e. The number of rotatable bonds is 4. The van der Waals surface area contributed by atoms with Crippen LogP contribution in [0.3, 0.4) is 0 Å². The van der Waals surface area contributed by atoms with Gasteiger partial charge < -0.3 is 9.84 Å². The van der Waals surface area contributed by atoms with Crippen LogP contribution in [0.1, 0.15) is 23.4 Å². The zero-order valence-corrected chi connectivity index (χ0v) is 11.2. The molecule has 0 bridgehead atoms. The molecule has 0 aliphatic carbocycles. The Kier molecular flexibility index (Phi) is 3.71. The van der Waals surface area contributed by atoms with Gasteiger partial charge in [0.2, 0.25) is 0 Å². The van der Waals surface area contributed by atoms with E-state index in [9.17, 15) is 4.79 Å². The highest BCUT2D eigenvalue weighted by atomic mass is 35.5. The molecule has 0 spiro atoms. The Morgan fingerprint density at radius 1 is 1.53 bits per heavy atom.